The summed E-state index contributed by atoms with van der Waals surface area (Å²) in [5.41, 5.74) is 1.20. The van der Waals surface area contributed by atoms with Gasteiger partial charge in [0.2, 0.25) is 0 Å². The zero-order valence-electron chi connectivity index (χ0n) is 11.5. The predicted molar refractivity (Wildman–Crippen MR) is 82.6 cm³/mol. The Kier molecular flexibility index (Phi) is 5.86. The molecule has 1 atom stereocenters. The van der Waals surface area contributed by atoms with Gasteiger partial charge in [-0.05, 0) is 36.8 Å². The largest absolute Gasteiger partial charge is 0.396 e. The van der Waals surface area contributed by atoms with Gasteiger partial charge in [0.15, 0.2) is 0 Å². The van der Waals surface area contributed by atoms with Crippen LogP contribution in [0, 0.1) is 5.92 Å². The fraction of sp³-hybridized carbons (Fsp3) is 0.533. The third-order valence-corrected chi connectivity index (χ3v) is 4.51. The second kappa shape index (κ2) is 7.64. The fourth-order valence-electron chi connectivity index (χ4n) is 2.55. The molecule has 1 saturated heterocycles. The van der Waals surface area contributed by atoms with E-state index in [1.807, 2.05) is 23.1 Å². The van der Waals surface area contributed by atoms with E-state index >= 15 is 0 Å². The number of likely N-dealkylation sites (tertiary alicyclic amines) is 1. The predicted octanol–water partition coefficient (Wildman–Crippen LogP) is 2.41. The summed E-state index contributed by atoms with van der Waals surface area (Å²) in [5.74, 6) is 0.453. The minimum absolute atomic E-state index is 0.0116. The van der Waals surface area contributed by atoms with Gasteiger partial charge in [0.05, 0.1) is 0 Å². The molecule has 2 rings (SSSR count). The second-order valence-corrected chi connectivity index (χ2v) is 6.04. The van der Waals surface area contributed by atoms with Crippen LogP contribution in [0.2, 0.25) is 0 Å². The standard InChI is InChI=1S/C15H21BrN2O2/c16-14-4-2-1-3-13(14)5-8-17-15(20)18-9-6-12(11-18)7-10-19/h1-4,12,19H,5-11H2,(H,17,20)/t12-/m1/s1. The number of nitrogens with one attached hydrogen (secondary N) is 1. The van der Waals surface area contributed by atoms with Crippen molar-refractivity contribution in [3.63, 3.8) is 0 Å². The number of aliphatic hydroxyl groups is 1. The highest BCUT2D eigenvalue weighted by atomic mass is 79.9. The maximum atomic E-state index is 12.0. The van der Waals surface area contributed by atoms with E-state index in [1.165, 1.54) is 5.56 Å². The van der Waals surface area contributed by atoms with Gasteiger partial charge in [0, 0.05) is 30.7 Å². The van der Waals surface area contributed by atoms with Crippen molar-refractivity contribution in [1.29, 1.82) is 0 Å². The Hall–Kier alpha value is -1.07. The lowest BCUT2D eigenvalue weighted by atomic mass is 10.1. The van der Waals surface area contributed by atoms with Gasteiger partial charge in [-0.2, -0.15) is 0 Å². The molecule has 1 aromatic rings. The summed E-state index contributed by atoms with van der Waals surface area (Å²) < 4.78 is 1.08. The topological polar surface area (TPSA) is 52.6 Å². The molecule has 0 spiro atoms. The highest BCUT2D eigenvalue weighted by molar-refractivity contribution is 9.10. The maximum absolute atomic E-state index is 12.0. The van der Waals surface area contributed by atoms with E-state index in [9.17, 15) is 4.79 Å². The Morgan fingerprint density at radius 3 is 3.00 bits per heavy atom. The third kappa shape index (κ3) is 4.21. The number of urea groups is 1. The molecule has 0 bridgehead atoms. The van der Waals surface area contributed by atoms with Gasteiger partial charge < -0.3 is 15.3 Å². The zero-order chi connectivity index (χ0) is 14.4. The van der Waals surface area contributed by atoms with Crippen LogP contribution in [0.3, 0.4) is 0 Å². The van der Waals surface area contributed by atoms with Crippen molar-refractivity contribution in [2.45, 2.75) is 19.3 Å². The first-order chi connectivity index (χ1) is 9.70. The minimum atomic E-state index is 0.0116. The van der Waals surface area contributed by atoms with Crippen molar-refractivity contribution in [1.82, 2.24) is 10.2 Å². The lowest BCUT2D eigenvalue weighted by Crippen LogP contribution is -2.39. The van der Waals surface area contributed by atoms with Crippen LogP contribution < -0.4 is 5.32 Å². The average molecular weight is 341 g/mol. The molecule has 1 fully saturated rings. The van der Waals surface area contributed by atoms with Crippen molar-refractivity contribution in [3.8, 4) is 0 Å². The second-order valence-electron chi connectivity index (χ2n) is 5.19. The van der Waals surface area contributed by atoms with Gasteiger partial charge in [0.1, 0.15) is 0 Å². The lowest BCUT2D eigenvalue weighted by Gasteiger charge is -2.17. The molecule has 0 radical (unpaired) electrons. The van der Waals surface area contributed by atoms with Gasteiger partial charge in [-0.15, -0.1) is 0 Å². The lowest BCUT2D eigenvalue weighted by molar-refractivity contribution is 0.204. The summed E-state index contributed by atoms with van der Waals surface area (Å²) in [5, 5.41) is 11.9. The molecule has 110 valence electrons. The van der Waals surface area contributed by atoms with Crippen LogP contribution in [0.4, 0.5) is 4.79 Å². The number of amides is 2. The Morgan fingerprint density at radius 1 is 1.45 bits per heavy atom. The SMILES string of the molecule is O=C(NCCc1ccccc1Br)N1CC[C@H](CCO)C1. The van der Waals surface area contributed by atoms with E-state index in [0.29, 0.717) is 12.5 Å². The Balaban J connectivity index is 1.72. The molecule has 1 heterocycles. The molecular formula is C15H21BrN2O2. The van der Waals surface area contributed by atoms with Gasteiger partial charge in [-0.25, -0.2) is 4.79 Å². The van der Waals surface area contributed by atoms with Crippen molar-refractivity contribution in [2.75, 3.05) is 26.2 Å². The van der Waals surface area contributed by atoms with E-state index in [-0.39, 0.29) is 12.6 Å². The van der Waals surface area contributed by atoms with Crippen molar-refractivity contribution >= 4 is 22.0 Å². The first-order valence-electron chi connectivity index (χ1n) is 7.07. The molecule has 1 aliphatic heterocycles. The summed E-state index contributed by atoms with van der Waals surface area (Å²) in [7, 11) is 0. The van der Waals surface area contributed by atoms with E-state index in [1.54, 1.807) is 0 Å². The molecule has 0 saturated carbocycles. The van der Waals surface area contributed by atoms with E-state index in [0.717, 1.165) is 36.8 Å². The molecule has 2 N–H and O–H groups in total. The molecule has 1 aromatic carbocycles. The Morgan fingerprint density at radius 2 is 2.25 bits per heavy atom. The van der Waals surface area contributed by atoms with Crippen LogP contribution in [0.1, 0.15) is 18.4 Å². The van der Waals surface area contributed by atoms with Crippen molar-refractivity contribution in [3.05, 3.63) is 34.3 Å². The highest BCUT2D eigenvalue weighted by Gasteiger charge is 2.25. The number of carbonyl (C=O) groups is 1. The number of nitrogens with zero attached hydrogens (tertiary/aromatic N) is 1. The van der Waals surface area contributed by atoms with Crippen LogP contribution >= 0.6 is 15.9 Å². The Labute approximate surface area is 128 Å². The van der Waals surface area contributed by atoms with E-state index in [4.69, 9.17) is 5.11 Å². The number of hydrogen-bond acceptors (Lipinski definition) is 2. The zero-order valence-corrected chi connectivity index (χ0v) is 13.1. The monoisotopic (exact) mass is 340 g/mol. The van der Waals surface area contributed by atoms with Gasteiger partial charge >= 0.3 is 6.03 Å². The summed E-state index contributed by atoms with van der Waals surface area (Å²) in [6.07, 6.45) is 2.61. The highest BCUT2D eigenvalue weighted by Crippen LogP contribution is 2.19. The fourth-order valence-corrected chi connectivity index (χ4v) is 3.04. The maximum Gasteiger partial charge on any atom is 0.317 e. The quantitative estimate of drug-likeness (QED) is 0.864. The van der Waals surface area contributed by atoms with Crippen LogP contribution in [-0.4, -0.2) is 42.3 Å². The molecule has 0 aromatic heterocycles. The van der Waals surface area contributed by atoms with Crippen LogP contribution in [0.25, 0.3) is 0 Å². The van der Waals surface area contributed by atoms with E-state index < -0.39 is 0 Å². The van der Waals surface area contributed by atoms with Gasteiger partial charge in [0.25, 0.3) is 0 Å². The minimum Gasteiger partial charge on any atom is -0.396 e. The van der Waals surface area contributed by atoms with Gasteiger partial charge in [-0.1, -0.05) is 34.1 Å². The molecule has 20 heavy (non-hydrogen) atoms. The average Bonchev–Trinajstić information content (AvgIpc) is 2.90. The Bertz CT molecular complexity index is 453. The summed E-state index contributed by atoms with van der Waals surface area (Å²) >= 11 is 3.51. The molecule has 0 unspecified atom stereocenters. The first kappa shape index (κ1) is 15.3. The van der Waals surface area contributed by atoms with Crippen LogP contribution in [-0.2, 0) is 6.42 Å². The summed E-state index contributed by atoms with van der Waals surface area (Å²) in [6.45, 7) is 2.41. The van der Waals surface area contributed by atoms with Crippen LogP contribution in [0.5, 0.6) is 0 Å². The molecular weight excluding hydrogens is 320 g/mol. The number of halogens is 1. The number of carbonyl (C=O) groups excluding carboxylic acids is 1. The van der Waals surface area contributed by atoms with E-state index in [2.05, 4.69) is 27.3 Å². The molecule has 5 heteroatoms. The summed E-state index contributed by atoms with van der Waals surface area (Å²) in [4.78, 5) is 13.9. The van der Waals surface area contributed by atoms with Gasteiger partial charge in [-0.3, -0.25) is 0 Å². The van der Waals surface area contributed by atoms with Crippen molar-refractivity contribution < 1.29 is 9.90 Å². The number of hydrogen-bond donors (Lipinski definition) is 2. The molecule has 2 amide bonds. The summed E-state index contributed by atoms with van der Waals surface area (Å²) in [6, 6.07) is 8.07. The first-order valence-corrected chi connectivity index (χ1v) is 7.87. The molecule has 0 aliphatic carbocycles. The smallest absolute Gasteiger partial charge is 0.317 e. The number of benzene rings is 1. The molecule has 1 aliphatic rings. The van der Waals surface area contributed by atoms with Crippen molar-refractivity contribution in [2.24, 2.45) is 5.92 Å². The number of aliphatic hydroxyl groups excluding tert-OH is 1. The van der Waals surface area contributed by atoms with Crippen LogP contribution in [0.15, 0.2) is 28.7 Å². The number of rotatable bonds is 5. The normalized spacial score (nSPS) is 18.3. The molecule has 4 nitrogen and oxygen atoms in total. The third-order valence-electron chi connectivity index (χ3n) is 3.74.